The van der Waals surface area contributed by atoms with Crippen molar-refractivity contribution < 1.29 is 28.9 Å². The second-order valence-corrected chi connectivity index (χ2v) is 6.02. The van der Waals surface area contributed by atoms with Crippen LogP contribution in [-0.2, 0) is 32.3 Å². The van der Waals surface area contributed by atoms with Crippen molar-refractivity contribution in [3.8, 4) is 0 Å². The summed E-state index contributed by atoms with van der Waals surface area (Å²) in [6.45, 7) is -0.0250. The Morgan fingerprint density at radius 2 is 1.03 bits per heavy atom. The smallest absolute Gasteiger partial charge is 0.306 e. The van der Waals surface area contributed by atoms with Crippen LogP contribution in [0.4, 0.5) is 11.4 Å². The lowest BCUT2D eigenvalue weighted by atomic mass is 10.2. The fourth-order valence-corrected chi connectivity index (χ4v) is 2.28. The summed E-state index contributed by atoms with van der Waals surface area (Å²) in [5.41, 5.74) is 1.14. The lowest BCUT2D eigenvalue weighted by Gasteiger charge is -2.06. The van der Waals surface area contributed by atoms with Crippen LogP contribution in [-0.4, -0.2) is 21.8 Å². The molecule has 0 aromatic heterocycles. The molecule has 0 amide bonds. The molecule has 10 heteroatoms. The first-order valence-corrected chi connectivity index (χ1v) is 8.63. The van der Waals surface area contributed by atoms with Crippen LogP contribution in [0.3, 0.4) is 0 Å². The molecule has 0 fully saturated rings. The summed E-state index contributed by atoms with van der Waals surface area (Å²) in [5, 5.41) is 21.1. The maximum atomic E-state index is 11.7. The van der Waals surface area contributed by atoms with Crippen molar-refractivity contribution in [2.45, 2.75) is 32.5 Å². The van der Waals surface area contributed by atoms with Crippen LogP contribution in [0.5, 0.6) is 0 Å². The maximum Gasteiger partial charge on any atom is 0.306 e. The summed E-state index contributed by atoms with van der Waals surface area (Å²) >= 11 is 0. The number of carbonyl (C=O) groups excluding carboxylic acids is 2. The summed E-state index contributed by atoms with van der Waals surface area (Å²) in [6.07, 6.45) is 0.303. The molecular weight excluding hydrogens is 384 g/mol. The molecule has 0 radical (unpaired) electrons. The normalized spacial score (nSPS) is 10.2. The summed E-state index contributed by atoms with van der Waals surface area (Å²) in [7, 11) is 0. The van der Waals surface area contributed by atoms with E-state index in [1.807, 2.05) is 0 Å². The van der Waals surface area contributed by atoms with Crippen LogP contribution in [0.15, 0.2) is 48.5 Å². The molecule has 0 aliphatic heterocycles. The highest BCUT2D eigenvalue weighted by Gasteiger charge is 2.10. The number of nitro benzene ring substituents is 2. The molecule has 0 unspecified atom stereocenters. The molecular formula is C19H18N2O8. The van der Waals surface area contributed by atoms with Gasteiger partial charge < -0.3 is 9.47 Å². The number of nitrogens with zero attached hydrogens (tertiary/aromatic N) is 2. The minimum atomic E-state index is -0.517. The van der Waals surface area contributed by atoms with Gasteiger partial charge in [0.05, 0.1) is 9.85 Å². The Hall–Kier alpha value is -3.82. The summed E-state index contributed by atoms with van der Waals surface area (Å²) in [5.74, 6) is -0.988. The number of ether oxygens (including phenoxy) is 2. The first kappa shape index (κ1) is 21.5. The van der Waals surface area contributed by atoms with Gasteiger partial charge in [-0.05, 0) is 41.8 Å². The Morgan fingerprint density at radius 3 is 1.34 bits per heavy atom. The molecule has 29 heavy (non-hydrogen) atoms. The van der Waals surface area contributed by atoms with Crippen molar-refractivity contribution in [1.29, 1.82) is 0 Å². The van der Waals surface area contributed by atoms with Crippen molar-refractivity contribution >= 4 is 23.3 Å². The van der Waals surface area contributed by atoms with E-state index in [9.17, 15) is 29.8 Å². The summed E-state index contributed by atoms with van der Waals surface area (Å²) in [6, 6.07) is 11.3. The summed E-state index contributed by atoms with van der Waals surface area (Å²) in [4.78, 5) is 43.5. The average Bonchev–Trinajstić information content (AvgIpc) is 2.71. The first-order valence-electron chi connectivity index (χ1n) is 8.63. The van der Waals surface area contributed by atoms with Crippen LogP contribution in [0.1, 0.15) is 30.4 Å². The van der Waals surface area contributed by atoms with Gasteiger partial charge in [0, 0.05) is 37.1 Å². The van der Waals surface area contributed by atoms with Gasteiger partial charge in [0.15, 0.2) is 0 Å². The summed E-state index contributed by atoms with van der Waals surface area (Å²) < 4.78 is 10.1. The van der Waals surface area contributed by atoms with Gasteiger partial charge in [-0.15, -0.1) is 0 Å². The number of non-ortho nitro benzene ring substituents is 2. The predicted molar refractivity (Wildman–Crippen MR) is 99.6 cm³/mol. The molecule has 0 saturated heterocycles. The van der Waals surface area contributed by atoms with Gasteiger partial charge >= 0.3 is 11.9 Å². The van der Waals surface area contributed by atoms with E-state index in [4.69, 9.17) is 9.47 Å². The average molecular weight is 402 g/mol. The molecule has 0 aliphatic rings. The monoisotopic (exact) mass is 402 g/mol. The van der Waals surface area contributed by atoms with Gasteiger partial charge in [-0.1, -0.05) is 0 Å². The quantitative estimate of drug-likeness (QED) is 0.334. The van der Waals surface area contributed by atoms with Crippen molar-refractivity contribution in [3.63, 3.8) is 0 Å². The van der Waals surface area contributed by atoms with Crippen LogP contribution in [0, 0.1) is 20.2 Å². The Morgan fingerprint density at radius 1 is 0.690 bits per heavy atom. The van der Waals surface area contributed by atoms with E-state index < -0.39 is 21.8 Å². The molecule has 10 nitrogen and oxygen atoms in total. The zero-order valence-electron chi connectivity index (χ0n) is 15.3. The van der Waals surface area contributed by atoms with Gasteiger partial charge in [-0.3, -0.25) is 29.8 Å². The van der Waals surface area contributed by atoms with E-state index in [2.05, 4.69) is 0 Å². The minimum Gasteiger partial charge on any atom is -0.461 e. The van der Waals surface area contributed by atoms with E-state index in [1.165, 1.54) is 48.5 Å². The highest BCUT2D eigenvalue weighted by Crippen LogP contribution is 2.14. The van der Waals surface area contributed by atoms with Gasteiger partial charge in [0.1, 0.15) is 13.2 Å². The van der Waals surface area contributed by atoms with Crippen LogP contribution >= 0.6 is 0 Å². The number of nitro groups is 2. The third kappa shape index (κ3) is 7.37. The van der Waals surface area contributed by atoms with Crippen LogP contribution in [0.2, 0.25) is 0 Å². The molecule has 0 saturated carbocycles. The lowest BCUT2D eigenvalue weighted by molar-refractivity contribution is -0.385. The third-order valence-corrected chi connectivity index (χ3v) is 3.86. The fraction of sp³-hybridized carbons (Fsp3) is 0.263. The maximum absolute atomic E-state index is 11.7. The van der Waals surface area contributed by atoms with Crippen molar-refractivity contribution in [1.82, 2.24) is 0 Å². The van der Waals surface area contributed by atoms with Crippen LogP contribution in [0.25, 0.3) is 0 Å². The van der Waals surface area contributed by atoms with E-state index in [1.54, 1.807) is 0 Å². The first-order chi connectivity index (χ1) is 13.8. The second-order valence-electron chi connectivity index (χ2n) is 6.02. The number of hydrogen-bond acceptors (Lipinski definition) is 8. The van der Waals surface area contributed by atoms with Crippen molar-refractivity contribution in [2.75, 3.05) is 0 Å². The van der Waals surface area contributed by atoms with Gasteiger partial charge in [0.25, 0.3) is 11.4 Å². The number of carbonyl (C=O) groups is 2. The predicted octanol–water partition coefficient (Wildman–Crippen LogP) is 3.46. The van der Waals surface area contributed by atoms with E-state index in [0.717, 1.165) is 0 Å². The Labute approximate surface area is 165 Å². The Bertz CT molecular complexity index is 805. The molecule has 2 aromatic carbocycles. The van der Waals surface area contributed by atoms with Gasteiger partial charge in [-0.2, -0.15) is 0 Å². The zero-order chi connectivity index (χ0) is 21.2. The minimum absolute atomic E-state index is 0.0125. The largest absolute Gasteiger partial charge is 0.461 e. The molecule has 2 rings (SSSR count). The molecule has 2 aromatic rings. The van der Waals surface area contributed by atoms with E-state index in [0.29, 0.717) is 11.1 Å². The molecule has 0 heterocycles. The number of esters is 2. The molecule has 0 bridgehead atoms. The standard InChI is InChI=1S/C19H18N2O8/c22-18(28-12-14-4-8-16(9-5-14)20(24)25)2-1-3-19(23)29-13-15-6-10-17(11-7-15)21(26)27/h4-11H,1-3,12-13H2. The third-order valence-electron chi connectivity index (χ3n) is 3.86. The zero-order valence-corrected chi connectivity index (χ0v) is 15.3. The number of hydrogen-bond donors (Lipinski definition) is 0. The highest BCUT2D eigenvalue weighted by atomic mass is 16.6. The topological polar surface area (TPSA) is 139 Å². The molecule has 0 spiro atoms. The fourth-order valence-electron chi connectivity index (χ4n) is 2.28. The second kappa shape index (κ2) is 10.5. The molecule has 0 atom stereocenters. The van der Waals surface area contributed by atoms with Crippen molar-refractivity contribution in [3.05, 3.63) is 79.9 Å². The lowest BCUT2D eigenvalue weighted by Crippen LogP contribution is -2.08. The molecule has 0 N–H and O–H groups in total. The highest BCUT2D eigenvalue weighted by molar-refractivity contribution is 5.72. The SMILES string of the molecule is O=C(CCCC(=O)OCc1ccc([N+](=O)[O-])cc1)OCc1ccc([N+](=O)[O-])cc1. The van der Waals surface area contributed by atoms with Crippen molar-refractivity contribution in [2.24, 2.45) is 0 Å². The van der Waals surface area contributed by atoms with Gasteiger partial charge in [-0.25, -0.2) is 0 Å². The number of benzene rings is 2. The molecule has 152 valence electrons. The Kier molecular flexibility index (Phi) is 7.78. The Balaban J connectivity index is 1.63. The van der Waals surface area contributed by atoms with E-state index >= 15 is 0 Å². The van der Waals surface area contributed by atoms with E-state index in [-0.39, 0.29) is 43.9 Å². The molecule has 0 aliphatic carbocycles. The number of rotatable bonds is 10. The van der Waals surface area contributed by atoms with Gasteiger partial charge in [0.2, 0.25) is 0 Å². The van der Waals surface area contributed by atoms with Crippen LogP contribution < -0.4 is 0 Å².